The number of hydrogen-bond acceptors (Lipinski definition) is 2. The zero-order valence-electron chi connectivity index (χ0n) is 23.6. The number of carbonyl (C=O) groups excluding carboxylic acids is 1. The van der Waals surface area contributed by atoms with Crippen LogP contribution in [0.1, 0.15) is 53.6 Å². The fraction of sp³-hybridized carbons (Fsp3) is 0.162. The highest BCUT2D eigenvalue weighted by molar-refractivity contribution is 5.90. The molecule has 4 nitrogen and oxygen atoms in total. The Labute approximate surface area is 243 Å². The molecule has 0 bridgehead atoms. The molecule has 0 aliphatic rings. The first-order chi connectivity index (χ1) is 20.1. The van der Waals surface area contributed by atoms with Crippen LogP contribution in [-0.2, 0) is 13.2 Å². The van der Waals surface area contributed by atoms with Crippen LogP contribution in [0.2, 0.25) is 0 Å². The van der Waals surface area contributed by atoms with Crippen LogP contribution < -0.4 is 10.1 Å². The van der Waals surface area contributed by atoms with Gasteiger partial charge >= 0.3 is 6.03 Å². The van der Waals surface area contributed by atoms with Gasteiger partial charge in [-0.1, -0.05) is 129 Å². The molecule has 0 aromatic heterocycles. The topological polar surface area (TPSA) is 41.6 Å². The van der Waals surface area contributed by atoms with Crippen molar-refractivity contribution in [2.75, 3.05) is 5.32 Å². The average molecular weight is 541 g/mol. The Kier molecular flexibility index (Phi) is 9.12. The highest BCUT2D eigenvalue weighted by Gasteiger charge is 2.27. The lowest BCUT2D eigenvalue weighted by Gasteiger charge is -2.33. The van der Waals surface area contributed by atoms with E-state index < -0.39 is 0 Å². The van der Waals surface area contributed by atoms with E-state index in [-0.39, 0.29) is 12.1 Å². The normalized spacial score (nSPS) is 10.9. The smallest absolute Gasteiger partial charge is 0.322 e. The summed E-state index contributed by atoms with van der Waals surface area (Å²) in [6.45, 7) is 5.26. The molecule has 5 aromatic carbocycles. The third-order valence-electron chi connectivity index (χ3n) is 7.16. The maximum absolute atomic E-state index is 14.0. The summed E-state index contributed by atoms with van der Waals surface area (Å²) in [4.78, 5) is 15.9. The van der Waals surface area contributed by atoms with Gasteiger partial charge in [-0.3, -0.25) is 0 Å². The third kappa shape index (κ3) is 7.43. The van der Waals surface area contributed by atoms with Crippen LogP contribution in [0.4, 0.5) is 10.5 Å². The Balaban J connectivity index is 1.42. The fourth-order valence-electron chi connectivity index (χ4n) is 4.88. The number of nitrogens with zero attached hydrogens (tertiary/aromatic N) is 1. The first-order valence-corrected chi connectivity index (χ1v) is 14.1. The number of benzene rings is 5. The van der Waals surface area contributed by atoms with Crippen LogP contribution in [0.5, 0.6) is 5.75 Å². The Hall–Kier alpha value is -4.83. The number of amides is 2. The molecule has 0 radical (unpaired) electrons. The lowest BCUT2D eigenvalue weighted by molar-refractivity contribution is 0.194. The molecule has 5 rings (SSSR count). The Morgan fingerprint density at radius 3 is 1.71 bits per heavy atom. The molecule has 4 heteroatoms. The van der Waals surface area contributed by atoms with Gasteiger partial charge in [0.15, 0.2) is 0 Å². The summed E-state index contributed by atoms with van der Waals surface area (Å²) >= 11 is 0. The first kappa shape index (κ1) is 27.7. The van der Waals surface area contributed by atoms with Crippen LogP contribution in [-0.4, -0.2) is 10.9 Å². The predicted molar refractivity (Wildman–Crippen MR) is 167 cm³/mol. The Bertz CT molecular complexity index is 1460. The predicted octanol–water partition coefficient (Wildman–Crippen LogP) is 9.21. The van der Waals surface area contributed by atoms with Crippen LogP contribution in [0, 0.1) is 0 Å². The molecule has 1 N–H and O–H groups in total. The maximum atomic E-state index is 14.0. The molecule has 0 saturated carbocycles. The number of rotatable bonds is 10. The van der Waals surface area contributed by atoms with Gasteiger partial charge in [0, 0.05) is 12.2 Å². The van der Waals surface area contributed by atoms with Gasteiger partial charge in [-0.15, -0.1) is 0 Å². The molecule has 0 heterocycles. The molecule has 5 aromatic rings. The molecule has 0 aliphatic heterocycles. The lowest BCUT2D eigenvalue weighted by atomic mass is 9.96. The van der Waals surface area contributed by atoms with Gasteiger partial charge in [0.05, 0.1) is 6.04 Å². The minimum Gasteiger partial charge on any atom is -0.489 e. The van der Waals surface area contributed by atoms with Crippen LogP contribution in [0.3, 0.4) is 0 Å². The molecule has 41 heavy (non-hydrogen) atoms. The van der Waals surface area contributed by atoms with Gasteiger partial charge in [0.25, 0.3) is 0 Å². The SMILES string of the molecule is CC(C)c1ccc(NC(=O)N(Cc2ccc(OCc3ccccc3)cc2)C(c2ccccc2)c2ccccc2)cc1. The molecule has 0 fully saturated rings. The van der Waals surface area contributed by atoms with Crippen molar-refractivity contribution >= 4 is 11.7 Å². The zero-order chi connectivity index (χ0) is 28.4. The number of ether oxygens (including phenoxy) is 1. The van der Waals surface area contributed by atoms with E-state index in [2.05, 4.69) is 67.7 Å². The zero-order valence-corrected chi connectivity index (χ0v) is 23.6. The summed E-state index contributed by atoms with van der Waals surface area (Å²) in [5, 5.41) is 3.16. The van der Waals surface area contributed by atoms with Crippen molar-refractivity contribution < 1.29 is 9.53 Å². The summed E-state index contributed by atoms with van der Waals surface area (Å²) in [5.74, 6) is 1.22. The first-order valence-electron chi connectivity index (χ1n) is 14.1. The standard InChI is InChI=1S/C37H36N2O2/c1-28(2)31-20-22-34(23-21-31)38-37(40)39(36(32-14-8-4-9-15-32)33-16-10-5-11-17-33)26-29-18-24-35(25-19-29)41-27-30-12-6-3-7-13-30/h3-25,28,36H,26-27H2,1-2H3,(H,38,40). The molecule has 0 unspecified atom stereocenters. The Morgan fingerprint density at radius 1 is 0.634 bits per heavy atom. The van der Waals surface area contributed by atoms with Crippen molar-refractivity contribution in [1.82, 2.24) is 4.90 Å². The molecule has 2 amide bonds. The summed E-state index contributed by atoms with van der Waals surface area (Å²) in [6.07, 6.45) is 0. The largest absolute Gasteiger partial charge is 0.489 e. The summed E-state index contributed by atoms with van der Waals surface area (Å²) < 4.78 is 6.00. The van der Waals surface area contributed by atoms with Crippen molar-refractivity contribution in [2.24, 2.45) is 0 Å². The number of nitrogens with one attached hydrogen (secondary N) is 1. The second-order valence-electron chi connectivity index (χ2n) is 10.5. The molecular weight excluding hydrogens is 504 g/mol. The number of urea groups is 1. The minimum atomic E-state index is -0.277. The highest BCUT2D eigenvalue weighted by atomic mass is 16.5. The van der Waals surface area contributed by atoms with Gasteiger partial charge in [-0.05, 0) is 58.0 Å². The number of anilines is 1. The summed E-state index contributed by atoms with van der Waals surface area (Å²) in [5.41, 5.74) is 6.24. The number of hydrogen-bond donors (Lipinski definition) is 1. The second-order valence-corrected chi connectivity index (χ2v) is 10.5. The van der Waals surface area contributed by atoms with Crippen molar-refractivity contribution in [1.29, 1.82) is 0 Å². The van der Waals surface area contributed by atoms with E-state index in [1.54, 1.807) is 0 Å². The molecule has 0 saturated heterocycles. The van der Waals surface area contributed by atoms with Crippen LogP contribution >= 0.6 is 0 Å². The number of carbonyl (C=O) groups is 1. The van der Waals surface area contributed by atoms with E-state index in [0.717, 1.165) is 33.7 Å². The van der Waals surface area contributed by atoms with Gasteiger partial charge in [-0.2, -0.15) is 0 Å². The molecule has 0 atom stereocenters. The van der Waals surface area contributed by atoms with Gasteiger partial charge in [-0.25, -0.2) is 4.79 Å². The summed E-state index contributed by atoms with van der Waals surface area (Å²) in [6, 6.07) is 46.2. The Morgan fingerprint density at radius 2 is 1.17 bits per heavy atom. The third-order valence-corrected chi connectivity index (χ3v) is 7.16. The lowest BCUT2D eigenvalue weighted by Crippen LogP contribution is -2.38. The monoisotopic (exact) mass is 540 g/mol. The van der Waals surface area contributed by atoms with Gasteiger partial charge in [0.2, 0.25) is 0 Å². The van der Waals surface area contributed by atoms with Gasteiger partial charge in [0.1, 0.15) is 12.4 Å². The fourth-order valence-corrected chi connectivity index (χ4v) is 4.88. The van der Waals surface area contributed by atoms with Crippen molar-refractivity contribution in [2.45, 2.75) is 39.0 Å². The molecule has 0 spiro atoms. The van der Waals surface area contributed by atoms with Crippen LogP contribution in [0.15, 0.2) is 140 Å². The van der Waals surface area contributed by atoms with E-state index >= 15 is 0 Å². The average Bonchev–Trinajstić information content (AvgIpc) is 3.02. The van der Waals surface area contributed by atoms with Crippen molar-refractivity contribution in [3.8, 4) is 5.75 Å². The van der Waals surface area contributed by atoms with E-state index in [0.29, 0.717) is 19.1 Å². The minimum absolute atomic E-state index is 0.163. The summed E-state index contributed by atoms with van der Waals surface area (Å²) in [7, 11) is 0. The van der Waals surface area contributed by atoms with Crippen LogP contribution in [0.25, 0.3) is 0 Å². The maximum Gasteiger partial charge on any atom is 0.322 e. The molecule has 206 valence electrons. The van der Waals surface area contributed by atoms with E-state index in [1.807, 2.05) is 95.9 Å². The molecular formula is C37H36N2O2. The van der Waals surface area contributed by atoms with E-state index in [9.17, 15) is 4.79 Å². The van der Waals surface area contributed by atoms with E-state index in [1.165, 1.54) is 5.56 Å². The highest BCUT2D eigenvalue weighted by Crippen LogP contribution is 2.31. The van der Waals surface area contributed by atoms with Crippen molar-refractivity contribution in [3.05, 3.63) is 167 Å². The van der Waals surface area contributed by atoms with Crippen molar-refractivity contribution in [3.63, 3.8) is 0 Å². The van der Waals surface area contributed by atoms with E-state index in [4.69, 9.17) is 4.74 Å². The molecule has 0 aliphatic carbocycles. The van der Waals surface area contributed by atoms with Gasteiger partial charge < -0.3 is 15.0 Å². The quantitative estimate of drug-likeness (QED) is 0.192. The second kappa shape index (κ2) is 13.5.